The summed E-state index contributed by atoms with van der Waals surface area (Å²) < 4.78 is 5.14. The maximum atomic E-state index is 12.7. The van der Waals surface area contributed by atoms with Crippen LogP contribution in [0.2, 0.25) is 0 Å². The zero-order chi connectivity index (χ0) is 14.4. The van der Waals surface area contributed by atoms with Crippen LogP contribution in [-0.2, 0) is 0 Å². The van der Waals surface area contributed by atoms with Crippen molar-refractivity contribution in [3.8, 4) is 0 Å². The van der Waals surface area contributed by atoms with E-state index in [4.69, 9.17) is 4.52 Å². The third-order valence-corrected chi connectivity index (χ3v) is 4.34. The highest BCUT2D eigenvalue weighted by Crippen LogP contribution is 2.39. The highest BCUT2D eigenvalue weighted by molar-refractivity contribution is 5.92. The van der Waals surface area contributed by atoms with Crippen molar-refractivity contribution in [1.82, 2.24) is 20.3 Å². The summed E-state index contributed by atoms with van der Waals surface area (Å²) in [6.45, 7) is 2.62. The average Bonchev–Trinajstić information content (AvgIpc) is 2.94. The molecule has 1 aliphatic carbocycles. The van der Waals surface area contributed by atoms with Crippen LogP contribution in [0.15, 0.2) is 16.7 Å². The maximum Gasteiger partial charge on any atom is 0.274 e. The van der Waals surface area contributed by atoms with Crippen LogP contribution in [-0.4, -0.2) is 32.7 Å². The van der Waals surface area contributed by atoms with Gasteiger partial charge in [0.05, 0.1) is 6.04 Å². The SMILES string of the molecule is Cc1cc([C@@H]2CCCN2C(=O)c2cc(C3CC3)[nH]n2)no1. The lowest BCUT2D eigenvalue weighted by Crippen LogP contribution is -2.31. The molecule has 6 heteroatoms. The molecule has 110 valence electrons. The van der Waals surface area contributed by atoms with Crippen LogP contribution < -0.4 is 0 Å². The Balaban J connectivity index is 1.56. The van der Waals surface area contributed by atoms with Gasteiger partial charge in [0.1, 0.15) is 17.1 Å². The van der Waals surface area contributed by atoms with Gasteiger partial charge in [0.25, 0.3) is 5.91 Å². The van der Waals surface area contributed by atoms with Crippen molar-refractivity contribution >= 4 is 5.91 Å². The molecule has 0 bridgehead atoms. The van der Waals surface area contributed by atoms with Crippen molar-refractivity contribution in [3.63, 3.8) is 0 Å². The van der Waals surface area contributed by atoms with E-state index in [1.807, 2.05) is 24.0 Å². The van der Waals surface area contributed by atoms with Gasteiger partial charge in [-0.25, -0.2) is 0 Å². The van der Waals surface area contributed by atoms with Gasteiger partial charge in [-0.15, -0.1) is 0 Å². The molecular weight excluding hydrogens is 268 g/mol. The Bertz CT molecular complexity index is 671. The lowest BCUT2D eigenvalue weighted by Gasteiger charge is -2.21. The second-order valence-electron chi connectivity index (χ2n) is 6.00. The Morgan fingerprint density at radius 2 is 2.24 bits per heavy atom. The van der Waals surface area contributed by atoms with Crippen molar-refractivity contribution in [2.45, 2.75) is 44.6 Å². The summed E-state index contributed by atoms with van der Waals surface area (Å²) >= 11 is 0. The van der Waals surface area contributed by atoms with Crippen molar-refractivity contribution in [2.24, 2.45) is 0 Å². The van der Waals surface area contributed by atoms with E-state index >= 15 is 0 Å². The Hall–Kier alpha value is -2.11. The molecule has 2 fully saturated rings. The van der Waals surface area contributed by atoms with E-state index in [1.165, 1.54) is 12.8 Å². The molecule has 1 aliphatic heterocycles. The number of likely N-dealkylation sites (tertiary alicyclic amines) is 1. The third-order valence-electron chi connectivity index (χ3n) is 4.34. The minimum atomic E-state index is -0.0127. The third kappa shape index (κ3) is 2.24. The first-order valence-electron chi connectivity index (χ1n) is 7.52. The number of aromatic amines is 1. The highest BCUT2D eigenvalue weighted by atomic mass is 16.5. The van der Waals surface area contributed by atoms with Gasteiger partial charge in [-0.05, 0) is 38.7 Å². The standard InChI is InChI=1S/C15H18N4O2/c1-9-7-12(18-21-9)14-3-2-6-19(14)15(20)13-8-11(16-17-13)10-4-5-10/h7-8,10,14H,2-6H2,1H3,(H,16,17)/t14-/m0/s1. The van der Waals surface area contributed by atoms with E-state index < -0.39 is 0 Å². The first-order chi connectivity index (χ1) is 10.2. The summed E-state index contributed by atoms with van der Waals surface area (Å²) in [7, 11) is 0. The number of carbonyl (C=O) groups excluding carboxylic acids is 1. The van der Waals surface area contributed by atoms with E-state index in [2.05, 4.69) is 15.4 Å². The van der Waals surface area contributed by atoms with E-state index in [0.29, 0.717) is 11.6 Å². The topological polar surface area (TPSA) is 75.0 Å². The normalized spacial score (nSPS) is 22.0. The van der Waals surface area contributed by atoms with E-state index in [0.717, 1.165) is 36.5 Å². The van der Waals surface area contributed by atoms with Gasteiger partial charge < -0.3 is 9.42 Å². The first kappa shape index (κ1) is 12.6. The molecule has 2 aromatic rings. The van der Waals surface area contributed by atoms with E-state index in [9.17, 15) is 4.79 Å². The number of carbonyl (C=O) groups is 1. The van der Waals surface area contributed by atoms with Crippen molar-refractivity contribution in [1.29, 1.82) is 0 Å². The molecular formula is C15H18N4O2. The van der Waals surface area contributed by atoms with Gasteiger partial charge in [-0.3, -0.25) is 9.89 Å². The fourth-order valence-electron chi connectivity index (χ4n) is 3.06. The summed E-state index contributed by atoms with van der Waals surface area (Å²) in [4.78, 5) is 14.5. The molecule has 1 saturated heterocycles. The van der Waals surface area contributed by atoms with Crippen LogP contribution in [0.4, 0.5) is 0 Å². The van der Waals surface area contributed by atoms with Gasteiger partial charge >= 0.3 is 0 Å². The number of nitrogens with zero attached hydrogens (tertiary/aromatic N) is 3. The second kappa shape index (κ2) is 4.72. The molecule has 1 atom stereocenters. The van der Waals surface area contributed by atoms with Crippen LogP contribution in [0.5, 0.6) is 0 Å². The first-order valence-corrected chi connectivity index (χ1v) is 7.52. The highest BCUT2D eigenvalue weighted by Gasteiger charge is 2.34. The van der Waals surface area contributed by atoms with Gasteiger partial charge in [0.2, 0.25) is 0 Å². The van der Waals surface area contributed by atoms with Gasteiger partial charge in [-0.2, -0.15) is 5.10 Å². The van der Waals surface area contributed by atoms with Gasteiger partial charge in [-0.1, -0.05) is 5.16 Å². The molecule has 0 radical (unpaired) electrons. The van der Waals surface area contributed by atoms with Crippen LogP contribution in [0.25, 0.3) is 0 Å². The Morgan fingerprint density at radius 3 is 2.95 bits per heavy atom. The van der Waals surface area contributed by atoms with E-state index in [1.54, 1.807) is 0 Å². The minimum absolute atomic E-state index is 0.0102. The molecule has 0 aromatic carbocycles. The second-order valence-corrected chi connectivity index (χ2v) is 6.00. The number of H-pyrrole nitrogens is 1. The number of aryl methyl sites for hydroxylation is 1. The van der Waals surface area contributed by atoms with Crippen LogP contribution in [0.1, 0.15) is 65.3 Å². The summed E-state index contributed by atoms with van der Waals surface area (Å²) in [6.07, 6.45) is 4.31. The molecule has 1 amide bonds. The predicted octanol–water partition coefficient (Wildman–Crippen LogP) is 2.56. The van der Waals surface area contributed by atoms with Gasteiger partial charge in [0.15, 0.2) is 0 Å². The monoisotopic (exact) mass is 286 g/mol. The molecule has 1 saturated carbocycles. The summed E-state index contributed by atoms with van der Waals surface area (Å²) in [5, 5.41) is 11.3. The minimum Gasteiger partial charge on any atom is -0.361 e. The molecule has 1 N–H and O–H groups in total. The largest absolute Gasteiger partial charge is 0.361 e. The fraction of sp³-hybridized carbons (Fsp3) is 0.533. The van der Waals surface area contributed by atoms with Crippen LogP contribution >= 0.6 is 0 Å². The number of hydrogen-bond donors (Lipinski definition) is 1. The molecule has 3 heterocycles. The zero-order valence-electron chi connectivity index (χ0n) is 12.0. The number of aromatic nitrogens is 3. The quantitative estimate of drug-likeness (QED) is 0.941. The van der Waals surface area contributed by atoms with Gasteiger partial charge in [0, 0.05) is 24.2 Å². The number of amides is 1. The molecule has 2 aliphatic rings. The van der Waals surface area contributed by atoms with Crippen molar-refractivity contribution in [2.75, 3.05) is 6.54 Å². The zero-order valence-corrected chi connectivity index (χ0v) is 12.0. The smallest absolute Gasteiger partial charge is 0.274 e. The summed E-state index contributed by atoms with van der Waals surface area (Å²) in [6, 6.07) is 3.83. The van der Waals surface area contributed by atoms with Crippen molar-refractivity contribution in [3.05, 3.63) is 35.0 Å². The predicted molar refractivity (Wildman–Crippen MR) is 74.8 cm³/mol. The number of nitrogens with one attached hydrogen (secondary N) is 1. The average molecular weight is 286 g/mol. The molecule has 2 aromatic heterocycles. The molecule has 6 nitrogen and oxygen atoms in total. The number of rotatable bonds is 3. The molecule has 0 unspecified atom stereocenters. The fourth-order valence-corrected chi connectivity index (χ4v) is 3.06. The lowest BCUT2D eigenvalue weighted by atomic mass is 10.1. The van der Waals surface area contributed by atoms with Crippen LogP contribution in [0, 0.1) is 6.92 Å². The Kier molecular flexibility index (Phi) is 2.83. The lowest BCUT2D eigenvalue weighted by molar-refractivity contribution is 0.0725. The molecule has 4 rings (SSSR count). The van der Waals surface area contributed by atoms with E-state index in [-0.39, 0.29) is 11.9 Å². The Labute approximate surface area is 122 Å². The Morgan fingerprint density at radius 1 is 1.38 bits per heavy atom. The van der Waals surface area contributed by atoms with Crippen LogP contribution in [0.3, 0.4) is 0 Å². The molecule has 0 spiro atoms. The maximum absolute atomic E-state index is 12.7. The summed E-state index contributed by atoms with van der Waals surface area (Å²) in [5.41, 5.74) is 2.45. The molecule has 21 heavy (non-hydrogen) atoms. The van der Waals surface area contributed by atoms with Crippen molar-refractivity contribution < 1.29 is 9.32 Å². The number of hydrogen-bond acceptors (Lipinski definition) is 4. The summed E-state index contributed by atoms with van der Waals surface area (Å²) in [5.74, 6) is 1.34.